The van der Waals surface area contributed by atoms with E-state index in [4.69, 9.17) is 9.26 Å². The van der Waals surface area contributed by atoms with Crippen LogP contribution in [0.4, 0.5) is 0 Å². The Morgan fingerprint density at radius 1 is 1.10 bits per heavy atom. The third-order valence-electron chi connectivity index (χ3n) is 4.53. The van der Waals surface area contributed by atoms with Crippen molar-refractivity contribution in [3.05, 3.63) is 76.2 Å². The van der Waals surface area contributed by atoms with Crippen LogP contribution in [0.2, 0.25) is 0 Å². The molecular formula is C21H22N2O5S. The van der Waals surface area contributed by atoms with Gasteiger partial charge in [0.25, 0.3) is 15.9 Å². The first kappa shape index (κ1) is 20.6. The first-order valence-electron chi connectivity index (χ1n) is 8.97. The van der Waals surface area contributed by atoms with Crippen LogP contribution in [-0.4, -0.2) is 19.5 Å². The van der Waals surface area contributed by atoms with E-state index in [1.807, 2.05) is 6.92 Å². The van der Waals surface area contributed by atoms with Crippen molar-refractivity contribution in [2.24, 2.45) is 0 Å². The molecule has 0 spiro atoms. The average molecular weight is 414 g/mol. The molecule has 0 saturated carbocycles. The molecule has 0 saturated heterocycles. The van der Waals surface area contributed by atoms with Gasteiger partial charge in [-0.05, 0) is 51.5 Å². The third kappa shape index (κ3) is 4.48. The van der Waals surface area contributed by atoms with Crippen LogP contribution in [-0.2, 0) is 16.6 Å². The summed E-state index contributed by atoms with van der Waals surface area (Å²) in [5.41, 5.74) is 3.09. The van der Waals surface area contributed by atoms with Crippen LogP contribution in [0.1, 0.15) is 38.5 Å². The second-order valence-electron chi connectivity index (χ2n) is 6.79. The molecule has 29 heavy (non-hydrogen) atoms. The molecule has 3 aromatic rings. The number of aryl methyl sites for hydroxylation is 4. The molecule has 0 aliphatic carbocycles. The summed E-state index contributed by atoms with van der Waals surface area (Å²) < 4.78 is 38.4. The zero-order valence-corrected chi connectivity index (χ0v) is 17.5. The van der Waals surface area contributed by atoms with E-state index in [1.165, 1.54) is 12.1 Å². The van der Waals surface area contributed by atoms with Crippen molar-refractivity contribution in [3.8, 4) is 5.75 Å². The number of carbonyl (C=O) groups excluding carboxylic acids is 1. The SMILES string of the molecule is Cc1ccc(S(=O)(=O)NC(=O)c2ccccc2OCc2c(C)noc2C)c(C)c1. The number of para-hydroxylation sites is 1. The summed E-state index contributed by atoms with van der Waals surface area (Å²) >= 11 is 0. The number of carbonyl (C=O) groups is 1. The molecule has 1 N–H and O–H groups in total. The zero-order valence-electron chi connectivity index (χ0n) is 16.6. The van der Waals surface area contributed by atoms with Gasteiger partial charge in [-0.1, -0.05) is 35.0 Å². The number of nitrogens with zero attached hydrogens (tertiary/aromatic N) is 1. The maximum Gasteiger partial charge on any atom is 0.268 e. The van der Waals surface area contributed by atoms with Crippen LogP contribution in [0.3, 0.4) is 0 Å². The summed E-state index contributed by atoms with van der Waals surface area (Å²) in [6.45, 7) is 7.27. The van der Waals surface area contributed by atoms with Crippen molar-refractivity contribution in [3.63, 3.8) is 0 Å². The van der Waals surface area contributed by atoms with Crippen LogP contribution in [0.25, 0.3) is 0 Å². The van der Waals surface area contributed by atoms with Gasteiger partial charge in [-0.25, -0.2) is 13.1 Å². The van der Waals surface area contributed by atoms with Gasteiger partial charge in [0.15, 0.2) is 0 Å². The monoisotopic (exact) mass is 414 g/mol. The molecule has 3 rings (SSSR count). The first-order valence-corrected chi connectivity index (χ1v) is 10.5. The molecule has 0 bridgehead atoms. The average Bonchev–Trinajstić information content (AvgIpc) is 2.97. The summed E-state index contributed by atoms with van der Waals surface area (Å²) in [5.74, 6) is 0.127. The van der Waals surface area contributed by atoms with Gasteiger partial charge < -0.3 is 9.26 Å². The topological polar surface area (TPSA) is 98.5 Å². The molecule has 1 heterocycles. The zero-order chi connectivity index (χ0) is 21.2. The standard InChI is InChI=1S/C21H22N2O5S/c1-13-9-10-20(14(2)11-13)29(25,26)23-21(24)17-7-5-6-8-19(17)27-12-18-15(3)22-28-16(18)4/h5-11H,12H2,1-4H3,(H,23,24). The normalized spacial score (nSPS) is 11.3. The minimum atomic E-state index is -4.02. The Morgan fingerprint density at radius 3 is 2.48 bits per heavy atom. The van der Waals surface area contributed by atoms with E-state index in [9.17, 15) is 13.2 Å². The van der Waals surface area contributed by atoms with Crippen LogP contribution in [0, 0.1) is 27.7 Å². The Balaban J connectivity index is 1.83. The quantitative estimate of drug-likeness (QED) is 0.662. The van der Waals surface area contributed by atoms with Crippen molar-refractivity contribution in [1.82, 2.24) is 9.88 Å². The lowest BCUT2D eigenvalue weighted by Crippen LogP contribution is -2.31. The van der Waals surface area contributed by atoms with Crippen molar-refractivity contribution >= 4 is 15.9 Å². The summed E-state index contributed by atoms with van der Waals surface area (Å²) in [7, 11) is -4.02. The Hall–Kier alpha value is -3.13. The molecule has 0 fully saturated rings. The fourth-order valence-corrected chi connectivity index (χ4v) is 4.16. The highest BCUT2D eigenvalue weighted by atomic mass is 32.2. The summed E-state index contributed by atoms with van der Waals surface area (Å²) in [5, 5.41) is 3.87. The Bertz CT molecular complexity index is 1150. The van der Waals surface area contributed by atoms with Gasteiger partial charge in [0.05, 0.1) is 21.7 Å². The molecule has 7 nitrogen and oxygen atoms in total. The number of benzene rings is 2. The van der Waals surface area contributed by atoms with Crippen LogP contribution < -0.4 is 9.46 Å². The van der Waals surface area contributed by atoms with Crippen molar-refractivity contribution in [2.45, 2.75) is 39.2 Å². The van der Waals surface area contributed by atoms with E-state index in [1.54, 1.807) is 51.1 Å². The number of hydrogen-bond acceptors (Lipinski definition) is 6. The van der Waals surface area contributed by atoms with E-state index >= 15 is 0 Å². The highest BCUT2D eigenvalue weighted by molar-refractivity contribution is 7.90. The van der Waals surface area contributed by atoms with Crippen molar-refractivity contribution < 1.29 is 22.5 Å². The molecule has 1 amide bonds. The predicted octanol–water partition coefficient (Wildman–Crippen LogP) is 3.61. The van der Waals surface area contributed by atoms with Crippen LogP contribution in [0.5, 0.6) is 5.75 Å². The highest BCUT2D eigenvalue weighted by Crippen LogP contribution is 2.23. The van der Waals surface area contributed by atoms with Crippen molar-refractivity contribution in [2.75, 3.05) is 0 Å². The van der Waals surface area contributed by atoms with Gasteiger partial charge in [-0.3, -0.25) is 4.79 Å². The molecule has 152 valence electrons. The largest absolute Gasteiger partial charge is 0.488 e. The minimum absolute atomic E-state index is 0.0607. The van der Waals surface area contributed by atoms with Crippen LogP contribution in [0.15, 0.2) is 51.9 Å². The third-order valence-corrected chi connectivity index (χ3v) is 6.02. The molecule has 0 atom stereocenters. The smallest absolute Gasteiger partial charge is 0.268 e. The van der Waals surface area contributed by atoms with E-state index in [-0.39, 0.29) is 22.8 Å². The lowest BCUT2D eigenvalue weighted by atomic mass is 10.2. The number of rotatable bonds is 6. The van der Waals surface area contributed by atoms with E-state index in [2.05, 4.69) is 9.88 Å². The molecule has 0 aliphatic heterocycles. The summed E-state index contributed by atoms with van der Waals surface area (Å²) in [6, 6.07) is 11.4. The van der Waals surface area contributed by atoms with E-state index in [0.29, 0.717) is 17.0 Å². The fraction of sp³-hybridized carbons (Fsp3) is 0.238. The van der Waals surface area contributed by atoms with Crippen molar-refractivity contribution in [1.29, 1.82) is 0 Å². The van der Waals surface area contributed by atoms with Gasteiger partial charge in [0.1, 0.15) is 18.1 Å². The maximum absolute atomic E-state index is 12.7. The molecule has 0 aliphatic rings. The molecular weight excluding hydrogens is 392 g/mol. The van der Waals surface area contributed by atoms with E-state index < -0.39 is 15.9 Å². The second kappa shape index (κ2) is 8.08. The molecule has 0 radical (unpaired) electrons. The van der Waals surface area contributed by atoms with Gasteiger partial charge in [0, 0.05) is 0 Å². The Labute approximate surface area is 169 Å². The van der Waals surface area contributed by atoms with Gasteiger partial charge in [0.2, 0.25) is 0 Å². The number of aromatic nitrogens is 1. The molecule has 8 heteroatoms. The maximum atomic E-state index is 12.7. The first-order chi connectivity index (χ1) is 13.7. The lowest BCUT2D eigenvalue weighted by molar-refractivity contribution is 0.0977. The Kier molecular flexibility index (Phi) is 5.74. The number of ether oxygens (including phenoxy) is 1. The van der Waals surface area contributed by atoms with Gasteiger partial charge in [-0.15, -0.1) is 0 Å². The van der Waals surface area contributed by atoms with E-state index in [0.717, 1.165) is 11.1 Å². The predicted molar refractivity (Wildman–Crippen MR) is 107 cm³/mol. The summed E-state index contributed by atoms with van der Waals surface area (Å²) in [6.07, 6.45) is 0. The van der Waals surface area contributed by atoms with Crippen LogP contribution >= 0.6 is 0 Å². The fourth-order valence-electron chi connectivity index (χ4n) is 2.97. The lowest BCUT2D eigenvalue weighted by Gasteiger charge is -2.13. The minimum Gasteiger partial charge on any atom is -0.488 e. The number of hydrogen-bond donors (Lipinski definition) is 1. The summed E-state index contributed by atoms with van der Waals surface area (Å²) in [4.78, 5) is 12.8. The number of amides is 1. The number of sulfonamides is 1. The molecule has 2 aromatic carbocycles. The highest BCUT2D eigenvalue weighted by Gasteiger charge is 2.23. The van der Waals surface area contributed by atoms with Gasteiger partial charge in [-0.2, -0.15) is 0 Å². The molecule has 0 unspecified atom stereocenters. The number of nitrogens with one attached hydrogen (secondary N) is 1. The molecule has 1 aromatic heterocycles. The Morgan fingerprint density at radius 2 is 1.83 bits per heavy atom. The van der Waals surface area contributed by atoms with Gasteiger partial charge >= 0.3 is 0 Å². The second-order valence-corrected chi connectivity index (χ2v) is 8.44.